The number of methoxy groups -OCH3 is 1. The zero-order valence-electron chi connectivity index (χ0n) is 13.1. The van der Waals surface area contributed by atoms with Crippen molar-refractivity contribution < 1.29 is 14.3 Å². The molecule has 0 spiro atoms. The highest BCUT2D eigenvalue weighted by atomic mass is 16.5. The molecule has 0 aromatic heterocycles. The number of anilines is 1. The molecule has 1 N–H and O–H groups in total. The third kappa shape index (κ3) is 3.59. The van der Waals surface area contributed by atoms with Crippen LogP contribution in [0.5, 0.6) is 5.75 Å². The zero-order valence-corrected chi connectivity index (χ0v) is 13.1. The van der Waals surface area contributed by atoms with Crippen molar-refractivity contribution in [3.63, 3.8) is 0 Å². The van der Waals surface area contributed by atoms with Gasteiger partial charge < -0.3 is 14.8 Å². The number of carbonyl (C=O) groups excluding carboxylic acids is 1. The first-order chi connectivity index (χ1) is 10.8. The molecule has 1 aliphatic carbocycles. The van der Waals surface area contributed by atoms with Crippen LogP contribution in [0.15, 0.2) is 24.3 Å². The largest absolute Gasteiger partial charge is 0.497 e. The van der Waals surface area contributed by atoms with Gasteiger partial charge in [0, 0.05) is 37.3 Å². The second-order valence-electron chi connectivity index (χ2n) is 5.97. The minimum Gasteiger partial charge on any atom is -0.497 e. The number of nitrogens with zero attached hydrogens (tertiary/aromatic N) is 1. The maximum atomic E-state index is 12.1. The number of benzene rings is 1. The van der Waals surface area contributed by atoms with E-state index in [4.69, 9.17) is 9.47 Å². The molecule has 2 aliphatic rings. The summed E-state index contributed by atoms with van der Waals surface area (Å²) in [5, 5.41) is 2.94. The molecule has 2 atom stereocenters. The average molecular weight is 304 g/mol. The number of rotatable bonds is 5. The van der Waals surface area contributed by atoms with Gasteiger partial charge in [-0.25, -0.2) is 0 Å². The molecule has 0 bridgehead atoms. The predicted octanol–water partition coefficient (Wildman–Crippen LogP) is 2.28. The Bertz CT molecular complexity index is 520. The van der Waals surface area contributed by atoms with Gasteiger partial charge in [-0.1, -0.05) is 6.07 Å². The molecule has 1 aliphatic heterocycles. The minimum atomic E-state index is 0.0503. The van der Waals surface area contributed by atoms with Crippen LogP contribution >= 0.6 is 0 Å². The lowest BCUT2D eigenvalue weighted by Crippen LogP contribution is -2.49. The van der Waals surface area contributed by atoms with Crippen LogP contribution < -0.4 is 10.1 Å². The Balaban J connectivity index is 1.49. The lowest BCUT2D eigenvalue weighted by Gasteiger charge is -2.37. The SMILES string of the molecule is COc1cccc(NC(=O)CCN2CCOC3CCCC32)c1. The Hall–Kier alpha value is -1.59. The molecule has 22 heavy (non-hydrogen) atoms. The highest BCUT2D eigenvalue weighted by molar-refractivity contribution is 5.91. The number of fused-ring (bicyclic) bond motifs is 1. The third-order valence-corrected chi connectivity index (χ3v) is 4.58. The van der Waals surface area contributed by atoms with E-state index in [9.17, 15) is 4.79 Å². The Labute approximate surface area is 131 Å². The van der Waals surface area contributed by atoms with Crippen LogP contribution in [0.2, 0.25) is 0 Å². The van der Waals surface area contributed by atoms with Crippen LogP contribution in [0.1, 0.15) is 25.7 Å². The summed E-state index contributed by atoms with van der Waals surface area (Å²) in [6.07, 6.45) is 4.50. The Morgan fingerprint density at radius 3 is 3.23 bits per heavy atom. The molecule has 1 aromatic carbocycles. The van der Waals surface area contributed by atoms with Gasteiger partial charge in [0.15, 0.2) is 0 Å². The van der Waals surface area contributed by atoms with Crippen molar-refractivity contribution >= 4 is 11.6 Å². The highest BCUT2D eigenvalue weighted by Crippen LogP contribution is 2.29. The standard InChI is InChI=1S/C17H24N2O3/c1-21-14-5-2-4-13(12-14)18-17(20)8-9-19-10-11-22-16-7-3-6-15(16)19/h2,4-5,12,15-16H,3,6-11H2,1H3,(H,18,20). The van der Waals surface area contributed by atoms with Crippen molar-refractivity contribution in [3.05, 3.63) is 24.3 Å². The van der Waals surface area contributed by atoms with E-state index in [0.29, 0.717) is 18.6 Å². The first-order valence-corrected chi connectivity index (χ1v) is 8.06. The highest BCUT2D eigenvalue weighted by Gasteiger charge is 2.35. The van der Waals surface area contributed by atoms with E-state index in [1.54, 1.807) is 7.11 Å². The van der Waals surface area contributed by atoms with Crippen molar-refractivity contribution in [1.29, 1.82) is 0 Å². The predicted molar refractivity (Wildman–Crippen MR) is 85.2 cm³/mol. The van der Waals surface area contributed by atoms with Gasteiger partial charge in [0.05, 0.1) is 19.8 Å². The van der Waals surface area contributed by atoms with Crippen LogP contribution in [0.25, 0.3) is 0 Å². The molecule has 5 nitrogen and oxygen atoms in total. The number of hydrogen-bond donors (Lipinski definition) is 1. The molecular formula is C17H24N2O3. The Morgan fingerprint density at radius 1 is 1.45 bits per heavy atom. The van der Waals surface area contributed by atoms with Gasteiger partial charge in [-0.15, -0.1) is 0 Å². The lowest BCUT2D eigenvalue weighted by atomic mass is 10.1. The summed E-state index contributed by atoms with van der Waals surface area (Å²) in [5.74, 6) is 0.800. The summed E-state index contributed by atoms with van der Waals surface area (Å²) in [5.41, 5.74) is 0.782. The summed E-state index contributed by atoms with van der Waals surface area (Å²) in [6, 6.07) is 7.96. The lowest BCUT2D eigenvalue weighted by molar-refractivity contribution is -0.117. The van der Waals surface area contributed by atoms with Crippen LogP contribution in [0.4, 0.5) is 5.69 Å². The normalized spacial score (nSPS) is 24.8. The van der Waals surface area contributed by atoms with Crippen LogP contribution in [-0.2, 0) is 9.53 Å². The molecule has 2 fully saturated rings. The fraction of sp³-hybridized carbons (Fsp3) is 0.588. The summed E-state index contributed by atoms with van der Waals surface area (Å²) < 4.78 is 11.0. The van der Waals surface area contributed by atoms with E-state index in [1.807, 2.05) is 24.3 Å². The van der Waals surface area contributed by atoms with Gasteiger partial charge in [0.25, 0.3) is 0 Å². The van der Waals surface area contributed by atoms with Crippen molar-refractivity contribution in [2.24, 2.45) is 0 Å². The van der Waals surface area contributed by atoms with E-state index in [0.717, 1.165) is 37.6 Å². The maximum Gasteiger partial charge on any atom is 0.225 e. The molecule has 1 heterocycles. The van der Waals surface area contributed by atoms with Gasteiger partial charge in [0.1, 0.15) is 5.75 Å². The second-order valence-corrected chi connectivity index (χ2v) is 5.97. The quantitative estimate of drug-likeness (QED) is 0.907. The summed E-state index contributed by atoms with van der Waals surface area (Å²) in [6.45, 7) is 2.53. The number of ether oxygens (including phenoxy) is 2. The number of hydrogen-bond acceptors (Lipinski definition) is 4. The van der Waals surface area contributed by atoms with Crippen LogP contribution in [-0.4, -0.2) is 49.8 Å². The van der Waals surface area contributed by atoms with Crippen LogP contribution in [0, 0.1) is 0 Å². The smallest absolute Gasteiger partial charge is 0.225 e. The summed E-state index contributed by atoms with van der Waals surface area (Å²) >= 11 is 0. The number of carbonyl (C=O) groups is 1. The van der Waals surface area contributed by atoms with Crippen molar-refractivity contribution in [2.75, 3.05) is 32.1 Å². The fourth-order valence-electron chi connectivity index (χ4n) is 3.45. The van der Waals surface area contributed by atoms with E-state index < -0.39 is 0 Å². The van der Waals surface area contributed by atoms with E-state index in [1.165, 1.54) is 12.8 Å². The van der Waals surface area contributed by atoms with Crippen LogP contribution in [0.3, 0.4) is 0 Å². The van der Waals surface area contributed by atoms with Crippen molar-refractivity contribution in [2.45, 2.75) is 37.8 Å². The first-order valence-electron chi connectivity index (χ1n) is 8.06. The first kappa shape index (κ1) is 15.3. The maximum absolute atomic E-state index is 12.1. The fourth-order valence-corrected chi connectivity index (χ4v) is 3.45. The number of amides is 1. The average Bonchev–Trinajstić information content (AvgIpc) is 3.02. The van der Waals surface area contributed by atoms with Crippen molar-refractivity contribution in [1.82, 2.24) is 4.90 Å². The van der Waals surface area contributed by atoms with Gasteiger partial charge in [-0.05, 0) is 31.4 Å². The number of morpholine rings is 1. The van der Waals surface area contributed by atoms with Gasteiger partial charge >= 0.3 is 0 Å². The van der Waals surface area contributed by atoms with E-state index in [2.05, 4.69) is 10.2 Å². The molecule has 1 saturated heterocycles. The minimum absolute atomic E-state index is 0.0503. The van der Waals surface area contributed by atoms with Crippen molar-refractivity contribution in [3.8, 4) is 5.75 Å². The molecule has 2 unspecified atom stereocenters. The molecular weight excluding hydrogens is 280 g/mol. The zero-order chi connectivity index (χ0) is 15.4. The molecule has 1 saturated carbocycles. The van der Waals surface area contributed by atoms with E-state index >= 15 is 0 Å². The second kappa shape index (κ2) is 7.11. The summed E-state index contributed by atoms with van der Waals surface area (Å²) in [7, 11) is 1.62. The Kier molecular flexibility index (Phi) is 4.95. The molecule has 1 aromatic rings. The molecule has 1 amide bonds. The molecule has 120 valence electrons. The van der Waals surface area contributed by atoms with Gasteiger partial charge in [-0.3, -0.25) is 9.69 Å². The Morgan fingerprint density at radius 2 is 2.36 bits per heavy atom. The topological polar surface area (TPSA) is 50.8 Å². The monoisotopic (exact) mass is 304 g/mol. The van der Waals surface area contributed by atoms with Gasteiger partial charge in [0.2, 0.25) is 5.91 Å². The van der Waals surface area contributed by atoms with Gasteiger partial charge in [-0.2, -0.15) is 0 Å². The third-order valence-electron chi connectivity index (χ3n) is 4.58. The summed E-state index contributed by atoms with van der Waals surface area (Å²) in [4.78, 5) is 14.6. The molecule has 5 heteroatoms. The number of nitrogens with one attached hydrogen (secondary N) is 1. The molecule has 3 rings (SSSR count). The molecule has 0 radical (unpaired) electrons. The van der Waals surface area contributed by atoms with E-state index in [-0.39, 0.29) is 5.91 Å².